The Hall–Kier alpha value is -2.02. The Balaban J connectivity index is 2.09. The molecule has 0 fully saturated rings. The third-order valence-corrected chi connectivity index (χ3v) is 3.38. The first-order valence-corrected chi connectivity index (χ1v) is 7.00. The van der Waals surface area contributed by atoms with Crippen LogP contribution in [0.2, 0.25) is 10.0 Å². The van der Waals surface area contributed by atoms with Crippen LogP contribution in [-0.4, -0.2) is 18.2 Å². The molecule has 0 saturated heterocycles. The van der Waals surface area contributed by atoms with E-state index < -0.39 is 0 Å². The summed E-state index contributed by atoms with van der Waals surface area (Å²) in [6.45, 7) is 0. The molecule has 1 heterocycles. The van der Waals surface area contributed by atoms with E-state index in [1.165, 1.54) is 13.4 Å². The highest BCUT2D eigenvalue weighted by molar-refractivity contribution is 6.42. The van der Waals surface area contributed by atoms with Crippen molar-refractivity contribution in [1.82, 2.24) is 10.6 Å². The monoisotopic (exact) mass is 341 g/mol. The molecule has 22 heavy (non-hydrogen) atoms. The van der Waals surface area contributed by atoms with E-state index in [-0.39, 0.29) is 12.3 Å². The molecule has 1 aromatic heterocycles. The number of nitrogens with one attached hydrogen (secondary N) is 2. The van der Waals surface area contributed by atoms with Gasteiger partial charge in [-0.25, -0.2) is 0 Å². The molecule has 116 valence electrons. The average Bonchev–Trinajstić information content (AvgIpc) is 2.99. The molecule has 0 unspecified atom stereocenters. The second kappa shape index (κ2) is 7.84. The van der Waals surface area contributed by atoms with Crippen LogP contribution in [0.4, 0.5) is 5.82 Å². The van der Waals surface area contributed by atoms with Gasteiger partial charge >= 0.3 is 0 Å². The van der Waals surface area contributed by atoms with Crippen molar-refractivity contribution in [2.24, 2.45) is 0 Å². The van der Waals surface area contributed by atoms with Crippen LogP contribution in [0.1, 0.15) is 12.0 Å². The predicted octanol–water partition coefficient (Wildman–Crippen LogP) is 3.50. The minimum atomic E-state index is -0.246. The Morgan fingerprint density at radius 2 is 2.18 bits per heavy atom. The summed E-state index contributed by atoms with van der Waals surface area (Å²) in [4.78, 5) is 16.7. The molecule has 0 spiro atoms. The molecule has 0 radical (unpaired) electrons. The van der Waals surface area contributed by atoms with E-state index in [9.17, 15) is 4.79 Å². The predicted molar refractivity (Wildman–Crippen MR) is 84.3 cm³/mol. The molecular weight excluding hydrogens is 329 g/mol. The zero-order valence-electron chi connectivity index (χ0n) is 11.6. The van der Waals surface area contributed by atoms with E-state index in [0.717, 1.165) is 5.56 Å². The smallest absolute Gasteiger partial charge is 0.229 e. The number of nitrogens with zero attached hydrogens (tertiary/aromatic N) is 1. The van der Waals surface area contributed by atoms with Gasteiger partial charge in [-0.05, 0) is 18.2 Å². The highest BCUT2D eigenvalue weighted by Crippen LogP contribution is 2.25. The van der Waals surface area contributed by atoms with Gasteiger partial charge < -0.3 is 9.84 Å². The highest BCUT2D eigenvalue weighted by Gasteiger charge is 2.07. The Bertz CT molecular complexity index is 672. The maximum atomic E-state index is 11.8. The fourth-order valence-electron chi connectivity index (χ4n) is 1.66. The number of carbonyl (C=O) groups excluding carboxylic acids is 1. The first-order chi connectivity index (χ1) is 10.6. The zero-order valence-corrected chi connectivity index (χ0v) is 13.1. The fraction of sp³-hybridized carbons (Fsp3) is 0.143. The van der Waals surface area contributed by atoms with Gasteiger partial charge in [0.25, 0.3) is 0 Å². The summed E-state index contributed by atoms with van der Waals surface area (Å²) in [6, 6.07) is 6.66. The SMILES string of the molecule is CONC(=CCC(=O)Nc1ccon1)c1ccc(Cl)c(Cl)c1. The van der Waals surface area contributed by atoms with Gasteiger partial charge in [-0.2, -0.15) is 0 Å². The van der Waals surface area contributed by atoms with Crippen molar-refractivity contribution in [3.05, 3.63) is 52.2 Å². The minimum Gasteiger partial charge on any atom is -0.363 e. The van der Waals surface area contributed by atoms with Crippen molar-refractivity contribution in [2.75, 3.05) is 12.4 Å². The molecule has 0 atom stereocenters. The van der Waals surface area contributed by atoms with E-state index in [2.05, 4.69) is 20.5 Å². The number of hydroxylamine groups is 1. The van der Waals surface area contributed by atoms with Gasteiger partial charge in [-0.1, -0.05) is 34.4 Å². The van der Waals surface area contributed by atoms with Crippen LogP contribution < -0.4 is 10.8 Å². The summed E-state index contributed by atoms with van der Waals surface area (Å²) in [6.07, 6.45) is 3.15. The quantitative estimate of drug-likeness (QED) is 0.786. The van der Waals surface area contributed by atoms with Crippen molar-refractivity contribution in [2.45, 2.75) is 6.42 Å². The lowest BCUT2D eigenvalue weighted by atomic mass is 10.1. The fourth-order valence-corrected chi connectivity index (χ4v) is 1.96. The second-order valence-corrected chi connectivity index (χ2v) is 5.00. The van der Waals surface area contributed by atoms with Gasteiger partial charge in [-0.3, -0.25) is 15.1 Å². The summed E-state index contributed by atoms with van der Waals surface area (Å²) < 4.78 is 4.63. The van der Waals surface area contributed by atoms with Gasteiger partial charge in [0.1, 0.15) is 6.26 Å². The lowest BCUT2D eigenvalue weighted by molar-refractivity contribution is -0.115. The average molecular weight is 342 g/mol. The van der Waals surface area contributed by atoms with Crippen molar-refractivity contribution in [3.63, 3.8) is 0 Å². The first kappa shape index (κ1) is 16.4. The number of hydrogen-bond acceptors (Lipinski definition) is 5. The second-order valence-electron chi connectivity index (χ2n) is 4.19. The number of hydrogen-bond donors (Lipinski definition) is 2. The molecule has 1 amide bonds. The molecule has 6 nitrogen and oxygen atoms in total. The molecule has 2 rings (SSSR count). The van der Waals surface area contributed by atoms with Crippen molar-refractivity contribution < 1.29 is 14.2 Å². The maximum absolute atomic E-state index is 11.8. The number of rotatable bonds is 6. The number of halogens is 2. The maximum Gasteiger partial charge on any atom is 0.229 e. The zero-order chi connectivity index (χ0) is 15.9. The van der Waals surface area contributed by atoms with Crippen LogP contribution in [0, 0.1) is 0 Å². The number of amides is 1. The molecule has 0 aliphatic rings. The number of anilines is 1. The van der Waals surface area contributed by atoms with Crippen LogP contribution in [0.25, 0.3) is 5.70 Å². The minimum absolute atomic E-state index is 0.110. The standard InChI is InChI=1S/C14H13Cl2N3O3/c1-21-18-12(9-2-3-10(15)11(16)8-9)4-5-14(20)17-13-6-7-22-19-13/h2-4,6-8,18H,5H2,1H3,(H,17,19,20). The molecule has 0 aliphatic heterocycles. The first-order valence-electron chi connectivity index (χ1n) is 6.25. The van der Waals surface area contributed by atoms with Crippen LogP contribution in [0.5, 0.6) is 0 Å². The Labute approximate surface area is 137 Å². The molecule has 0 aliphatic carbocycles. The third-order valence-electron chi connectivity index (χ3n) is 2.64. The molecule has 8 heteroatoms. The lowest BCUT2D eigenvalue weighted by Crippen LogP contribution is -2.13. The van der Waals surface area contributed by atoms with Gasteiger partial charge in [0.2, 0.25) is 5.91 Å². The molecule has 0 bridgehead atoms. The van der Waals surface area contributed by atoms with Gasteiger partial charge in [0, 0.05) is 18.1 Å². The van der Waals surface area contributed by atoms with Crippen LogP contribution in [0.3, 0.4) is 0 Å². The molecule has 0 saturated carbocycles. The number of aromatic nitrogens is 1. The Kier molecular flexibility index (Phi) is 5.83. The lowest BCUT2D eigenvalue weighted by Gasteiger charge is -2.10. The number of benzene rings is 1. The molecular formula is C14H13Cl2N3O3. The van der Waals surface area contributed by atoms with E-state index in [1.807, 2.05) is 0 Å². The van der Waals surface area contributed by atoms with Crippen LogP contribution in [0.15, 0.2) is 41.1 Å². The van der Waals surface area contributed by atoms with E-state index in [4.69, 9.17) is 28.0 Å². The van der Waals surface area contributed by atoms with E-state index in [0.29, 0.717) is 21.6 Å². The largest absolute Gasteiger partial charge is 0.363 e. The highest BCUT2D eigenvalue weighted by atomic mass is 35.5. The van der Waals surface area contributed by atoms with Crippen molar-refractivity contribution in [3.8, 4) is 0 Å². The summed E-state index contributed by atoms with van der Waals surface area (Å²) in [5, 5.41) is 7.05. The van der Waals surface area contributed by atoms with Gasteiger partial charge in [0.05, 0.1) is 22.9 Å². The topological polar surface area (TPSA) is 76.4 Å². The summed E-state index contributed by atoms with van der Waals surface area (Å²) in [5.41, 5.74) is 4.04. The molecule has 1 aromatic carbocycles. The van der Waals surface area contributed by atoms with Crippen LogP contribution in [-0.2, 0) is 9.63 Å². The summed E-state index contributed by atoms with van der Waals surface area (Å²) in [7, 11) is 1.47. The van der Waals surface area contributed by atoms with Crippen molar-refractivity contribution in [1.29, 1.82) is 0 Å². The van der Waals surface area contributed by atoms with E-state index >= 15 is 0 Å². The molecule has 2 aromatic rings. The number of carbonyl (C=O) groups is 1. The van der Waals surface area contributed by atoms with E-state index in [1.54, 1.807) is 30.3 Å². The normalized spacial score (nSPS) is 11.3. The van der Waals surface area contributed by atoms with Gasteiger partial charge in [-0.15, -0.1) is 0 Å². The third kappa shape index (κ3) is 4.49. The summed E-state index contributed by atoms with van der Waals surface area (Å²) in [5.74, 6) is 0.110. The van der Waals surface area contributed by atoms with Crippen molar-refractivity contribution >= 4 is 40.6 Å². The summed E-state index contributed by atoms with van der Waals surface area (Å²) >= 11 is 11.9. The Morgan fingerprint density at radius 3 is 2.82 bits per heavy atom. The Morgan fingerprint density at radius 1 is 1.36 bits per heavy atom. The van der Waals surface area contributed by atoms with Gasteiger partial charge in [0.15, 0.2) is 5.82 Å². The van der Waals surface area contributed by atoms with Crippen LogP contribution >= 0.6 is 23.2 Å². The molecule has 2 N–H and O–H groups in total.